The lowest BCUT2D eigenvalue weighted by molar-refractivity contribution is -0.126. The molecule has 2 heteroatoms. The van der Waals surface area contributed by atoms with Crippen LogP contribution in [0.4, 0.5) is 0 Å². The SMILES string of the molecule is CC(=O)[C@H]1[C@H](C=O)[C@H]2C=C[C@@H]1C2. The Hall–Kier alpha value is -0.920. The number of aldehydes is 1. The predicted octanol–water partition coefficient (Wildman–Crippen LogP) is 1.21. The van der Waals surface area contributed by atoms with Crippen molar-refractivity contribution in [3.8, 4) is 0 Å². The van der Waals surface area contributed by atoms with Gasteiger partial charge in [-0.05, 0) is 25.2 Å². The van der Waals surface area contributed by atoms with Crippen LogP contribution in [0.5, 0.6) is 0 Å². The van der Waals surface area contributed by atoms with Crippen LogP contribution in [-0.4, -0.2) is 12.1 Å². The number of ketones is 1. The first kappa shape index (κ1) is 7.71. The summed E-state index contributed by atoms with van der Waals surface area (Å²) in [6, 6.07) is 0. The fraction of sp³-hybridized carbons (Fsp3) is 0.600. The van der Waals surface area contributed by atoms with E-state index in [-0.39, 0.29) is 17.6 Å². The van der Waals surface area contributed by atoms with E-state index in [2.05, 4.69) is 12.2 Å². The molecule has 0 aliphatic heterocycles. The Morgan fingerprint density at radius 2 is 2.08 bits per heavy atom. The smallest absolute Gasteiger partial charge is 0.134 e. The minimum atomic E-state index is -0.0301. The second-order valence-electron chi connectivity index (χ2n) is 3.80. The largest absolute Gasteiger partial charge is 0.303 e. The maximum Gasteiger partial charge on any atom is 0.134 e. The first-order valence-corrected chi connectivity index (χ1v) is 4.38. The van der Waals surface area contributed by atoms with Crippen LogP contribution >= 0.6 is 0 Å². The van der Waals surface area contributed by atoms with Crippen LogP contribution in [0.15, 0.2) is 12.2 Å². The van der Waals surface area contributed by atoms with Crippen molar-refractivity contribution in [1.82, 2.24) is 0 Å². The number of rotatable bonds is 2. The van der Waals surface area contributed by atoms with E-state index >= 15 is 0 Å². The lowest BCUT2D eigenvalue weighted by atomic mass is 9.82. The molecule has 0 aromatic rings. The van der Waals surface area contributed by atoms with Gasteiger partial charge in [-0.3, -0.25) is 4.79 Å². The summed E-state index contributed by atoms with van der Waals surface area (Å²) in [5.41, 5.74) is 0. The summed E-state index contributed by atoms with van der Waals surface area (Å²) >= 11 is 0. The van der Waals surface area contributed by atoms with Gasteiger partial charge in [0, 0.05) is 11.8 Å². The molecule has 0 amide bonds. The van der Waals surface area contributed by atoms with Crippen LogP contribution in [0.2, 0.25) is 0 Å². The van der Waals surface area contributed by atoms with Crippen molar-refractivity contribution in [1.29, 1.82) is 0 Å². The highest BCUT2D eigenvalue weighted by Crippen LogP contribution is 2.47. The van der Waals surface area contributed by atoms with Crippen molar-refractivity contribution < 1.29 is 9.59 Å². The normalized spacial score (nSPS) is 43.4. The van der Waals surface area contributed by atoms with Gasteiger partial charge in [-0.1, -0.05) is 12.2 Å². The molecule has 0 heterocycles. The Morgan fingerprint density at radius 1 is 1.42 bits per heavy atom. The lowest BCUT2D eigenvalue weighted by Crippen LogP contribution is -2.26. The number of hydrogen-bond donors (Lipinski definition) is 0. The molecule has 0 radical (unpaired) electrons. The molecule has 0 unspecified atom stereocenters. The molecule has 2 aliphatic carbocycles. The van der Waals surface area contributed by atoms with E-state index in [1.54, 1.807) is 6.92 Å². The summed E-state index contributed by atoms with van der Waals surface area (Å²) in [5.74, 6) is 0.822. The second kappa shape index (κ2) is 2.54. The Balaban J connectivity index is 2.28. The van der Waals surface area contributed by atoms with Gasteiger partial charge in [0.2, 0.25) is 0 Å². The van der Waals surface area contributed by atoms with Crippen molar-refractivity contribution in [2.75, 3.05) is 0 Å². The van der Waals surface area contributed by atoms with Crippen molar-refractivity contribution in [2.45, 2.75) is 13.3 Å². The third-order valence-electron chi connectivity index (χ3n) is 3.15. The quantitative estimate of drug-likeness (QED) is 0.454. The van der Waals surface area contributed by atoms with Gasteiger partial charge in [0.1, 0.15) is 12.1 Å². The number of allylic oxidation sites excluding steroid dienone is 2. The van der Waals surface area contributed by atoms with Crippen LogP contribution < -0.4 is 0 Å². The number of Topliss-reactive ketones (excluding diaryl/α,β-unsaturated/α-hetero) is 1. The van der Waals surface area contributed by atoms with E-state index in [1.807, 2.05) is 0 Å². The molecule has 0 spiro atoms. The fourth-order valence-electron chi connectivity index (χ4n) is 2.62. The van der Waals surface area contributed by atoms with Gasteiger partial charge in [-0.2, -0.15) is 0 Å². The highest BCUT2D eigenvalue weighted by molar-refractivity contribution is 5.83. The number of carbonyl (C=O) groups is 2. The Labute approximate surface area is 71.6 Å². The monoisotopic (exact) mass is 164 g/mol. The van der Waals surface area contributed by atoms with Crippen LogP contribution in [0.1, 0.15) is 13.3 Å². The van der Waals surface area contributed by atoms with Crippen molar-refractivity contribution in [3.63, 3.8) is 0 Å². The molecule has 2 rings (SSSR count). The van der Waals surface area contributed by atoms with E-state index in [0.29, 0.717) is 11.8 Å². The van der Waals surface area contributed by atoms with Gasteiger partial charge in [-0.15, -0.1) is 0 Å². The molecule has 12 heavy (non-hydrogen) atoms. The van der Waals surface area contributed by atoms with Crippen LogP contribution in [0.25, 0.3) is 0 Å². The molecule has 64 valence electrons. The van der Waals surface area contributed by atoms with Crippen molar-refractivity contribution in [3.05, 3.63) is 12.2 Å². The molecule has 1 saturated carbocycles. The highest BCUT2D eigenvalue weighted by atomic mass is 16.1. The summed E-state index contributed by atoms with van der Waals surface area (Å²) in [7, 11) is 0. The van der Waals surface area contributed by atoms with Gasteiger partial charge in [0.15, 0.2) is 0 Å². The molecule has 1 fully saturated rings. The minimum absolute atomic E-state index is 0.0162. The molecule has 0 saturated heterocycles. The van der Waals surface area contributed by atoms with E-state index in [1.165, 1.54) is 0 Å². The zero-order chi connectivity index (χ0) is 8.72. The van der Waals surface area contributed by atoms with Crippen LogP contribution in [0, 0.1) is 23.7 Å². The van der Waals surface area contributed by atoms with Gasteiger partial charge >= 0.3 is 0 Å². The zero-order valence-corrected chi connectivity index (χ0v) is 7.07. The lowest BCUT2D eigenvalue weighted by Gasteiger charge is -2.20. The molecule has 4 atom stereocenters. The third kappa shape index (κ3) is 0.872. The minimum Gasteiger partial charge on any atom is -0.303 e. The summed E-state index contributed by atoms with van der Waals surface area (Å²) in [5, 5.41) is 0. The Bertz CT molecular complexity index is 255. The molecule has 0 aromatic carbocycles. The van der Waals surface area contributed by atoms with Gasteiger partial charge in [0.05, 0.1) is 0 Å². The van der Waals surface area contributed by atoms with Crippen LogP contribution in [-0.2, 0) is 9.59 Å². The highest BCUT2D eigenvalue weighted by Gasteiger charge is 2.46. The molecule has 2 aliphatic rings. The van der Waals surface area contributed by atoms with E-state index in [9.17, 15) is 9.59 Å². The summed E-state index contributed by atoms with van der Waals surface area (Å²) in [6.45, 7) is 1.59. The fourth-order valence-corrected chi connectivity index (χ4v) is 2.62. The maximum absolute atomic E-state index is 11.2. The molecule has 0 aromatic heterocycles. The molecular weight excluding hydrogens is 152 g/mol. The van der Waals surface area contributed by atoms with E-state index in [4.69, 9.17) is 0 Å². The number of carbonyl (C=O) groups excluding carboxylic acids is 2. The zero-order valence-electron chi connectivity index (χ0n) is 7.07. The molecular formula is C10H12O2. The molecule has 2 bridgehead atoms. The van der Waals surface area contributed by atoms with Crippen molar-refractivity contribution in [2.24, 2.45) is 23.7 Å². The average Bonchev–Trinajstić information content (AvgIpc) is 2.60. The Kier molecular flexibility index (Phi) is 1.63. The van der Waals surface area contributed by atoms with E-state index < -0.39 is 0 Å². The van der Waals surface area contributed by atoms with Crippen LogP contribution in [0.3, 0.4) is 0 Å². The number of hydrogen-bond acceptors (Lipinski definition) is 2. The first-order valence-electron chi connectivity index (χ1n) is 4.38. The van der Waals surface area contributed by atoms with E-state index in [0.717, 1.165) is 12.7 Å². The first-order chi connectivity index (χ1) is 5.74. The predicted molar refractivity (Wildman–Crippen MR) is 44.5 cm³/mol. The second-order valence-corrected chi connectivity index (χ2v) is 3.80. The Morgan fingerprint density at radius 3 is 2.58 bits per heavy atom. The third-order valence-corrected chi connectivity index (χ3v) is 3.15. The topological polar surface area (TPSA) is 34.1 Å². The summed E-state index contributed by atoms with van der Waals surface area (Å²) < 4.78 is 0. The summed E-state index contributed by atoms with van der Waals surface area (Å²) in [4.78, 5) is 21.9. The van der Waals surface area contributed by atoms with Crippen molar-refractivity contribution >= 4 is 12.1 Å². The molecule has 0 N–H and O–H groups in total. The standard InChI is InChI=1S/C10H12O2/c1-6(12)10-8-3-2-7(4-8)9(10)5-11/h2-3,5,7-10H,4H2,1H3/t7-,8+,9+,10+/m0/s1. The molecule has 2 nitrogen and oxygen atoms in total. The van der Waals surface area contributed by atoms with Gasteiger partial charge in [0.25, 0.3) is 0 Å². The average molecular weight is 164 g/mol. The summed E-state index contributed by atoms with van der Waals surface area (Å²) in [6.07, 6.45) is 6.15. The van der Waals surface area contributed by atoms with Gasteiger partial charge in [-0.25, -0.2) is 0 Å². The number of fused-ring (bicyclic) bond motifs is 2. The van der Waals surface area contributed by atoms with Gasteiger partial charge < -0.3 is 4.79 Å². The maximum atomic E-state index is 11.2.